The minimum atomic E-state index is -3.50. The lowest BCUT2D eigenvalue weighted by atomic mass is 10.0. The lowest BCUT2D eigenvalue weighted by Gasteiger charge is -2.31. The van der Waals surface area contributed by atoms with Crippen LogP contribution >= 0.6 is 0 Å². The number of hydrogen-bond donors (Lipinski definition) is 1. The number of rotatable bonds is 5. The number of sulfonamides is 1. The van der Waals surface area contributed by atoms with Crippen molar-refractivity contribution in [1.29, 1.82) is 0 Å². The minimum Gasteiger partial charge on any atom is -0.464 e. The molecule has 0 spiro atoms. The van der Waals surface area contributed by atoms with E-state index in [1.165, 1.54) is 4.31 Å². The molecule has 31 heavy (non-hydrogen) atoms. The van der Waals surface area contributed by atoms with Gasteiger partial charge in [-0.15, -0.1) is 0 Å². The zero-order valence-corrected chi connectivity index (χ0v) is 19.0. The molecule has 0 aliphatic carbocycles. The molecule has 0 unspecified atom stereocenters. The van der Waals surface area contributed by atoms with E-state index in [4.69, 9.17) is 4.42 Å². The molecule has 1 fully saturated rings. The van der Waals surface area contributed by atoms with Crippen molar-refractivity contribution in [3.05, 3.63) is 64.9 Å². The predicted octanol–water partition coefficient (Wildman–Crippen LogP) is 3.87. The van der Waals surface area contributed by atoms with Crippen LogP contribution < -0.4 is 5.32 Å². The number of nitrogens with zero attached hydrogens (tertiary/aromatic N) is 1. The summed E-state index contributed by atoms with van der Waals surface area (Å²) in [5.41, 5.74) is 4.97. The quantitative estimate of drug-likeness (QED) is 0.653. The smallest absolute Gasteiger partial charge is 0.243 e. The molecule has 0 atom stereocenters. The molecule has 7 heteroatoms. The highest BCUT2D eigenvalue weighted by molar-refractivity contribution is 7.89. The highest BCUT2D eigenvalue weighted by Crippen LogP contribution is 2.27. The van der Waals surface area contributed by atoms with Gasteiger partial charge in [-0.25, -0.2) is 8.42 Å². The van der Waals surface area contributed by atoms with Crippen LogP contribution in [-0.2, 0) is 21.2 Å². The molecule has 0 bridgehead atoms. The fourth-order valence-corrected chi connectivity index (χ4v) is 5.55. The maximum atomic E-state index is 12.8. The average molecular weight is 441 g/mol. The molecule has 0 saturated carbocycles. The van der Waals surface area contributed by atoms with Crippen LogP contribution in [-0.4, -0.2) is 37.8 Å². The van der Waals surface area contributed by atoms with Crippen molar-refractivity contribution in [1.82, 2.24) is 9.62 Å². The van der Waals surface area contributed by atoms with Gasteiger partial charge in [0, 0.05) is 30.1 Å². The number of benzene rings is 2. The number of hydrogen-bond acceptors (Lipinski definition) is 4. The zero-order valence-electron chi connectivity index (χ0n) is 18.1. The Labute approximate surface area is 183 Å². The second-order valence-electron chi connectivity index (χ2n) is 8.38. The third-order valence-electron chi connectivity index (χ3n) is 6.17. The molecule has 1 saturated heterocycles. The van der Waals surface area contributed by atoms with Crippen LogP contribution in [0.15, 0.2) is 52.0 Å². The lowest BCUT2D eigenvalue weighted by Crippen LogP contribution is -2.46. The van der Waals surface area contributed by atoms with Crippen molar-refractivity contribution >= 4 is 26.9 Å². The van der Waals surface area contributed by atoms with Crippen LogP contribution in [0.4, 0.5) is 0 Å². The molecule has 4 rings (SSSR count). The number of fused-ring (bicyclic) bond motifs is 1. The minimum absolute atomic E-state index is 0.0286. The first-order valence-corrected chi connectivity index (χ1v) is 12.0. The van der Waals surface area contributed by atoms with Crippen LogP contribution in [0.25, 0.3) is 11.0 Å². The number of piperidine rings is 1. The Morgan fingerprint density at radius 1 is 1.06 bits per heavy atom. The highest BCUT2D eigenvalue weighted by Gasteiger charge is 2.30. The van der Waals surface area contributed by atoms with E-state index < -0.39 is 10.0 Å². The summed E-state index contributed by atoms with van der Waals surface area (Å²) in [6.45, 7) is 6.78. The summed E-state index contributed by atoms with van der Waals surface area (Å²) in [6, 6.07) is 10.9. The van der Waals surface area contributed by atoms with Crippen molar-refractivity contribution in [3.63, 3.8) is 0 Å². The van der Waals surface area contributed by atoms with Crippen molar-refractivity contribution in [2.75, 3.05) is 13.1 Å². The van der Waals surface area contributed by atoms with Crippen LogP contribution in [0.1, 0.15) is 35.1 Å². The summed E-state index contributed by atoms with van der Waals surface area (Å²) >= 11 is 0. The second kappa shape index (κ2) is 8.48. The number of nitrogens with one attached hydrogen (secondary N) is 1. The molecule has 6 nitrogen and oxygen atoms in total. The molecule has 1 aliphatic heterocycles. The first-order chi connectivity index (χ1) is 14.8. The van der Waals surface area contributed by atoms with Crippen molar-refractivity contribution in [2.45, 2.75) is 51.0 Å². The van der Waals surface area contributed by atoms with E-state index in [-0.39, 0.29) is 18.4 Å². The molecule has 2 aromatic carbocycles. The molecule has 1 aromatic heterocycles. The van der Waals surface area contributed by atoms with E-state index in [1.54, 1.807) is 18.4 Å². The van der Waals surface area contributed by atoms with E-state index in [0.717, 1.165) is 33.2 Å². The molecule has 0 radical (unpaired) electrons. The second-order valence-corrected chi connectivity index (χ2v) is 10.3. The summed E-state index contributed by atoms with van der Waals surface area (Å²) in [7, 11) is -3.50. The number of carbonyl (C=O) groups is 1. The van der Waals surface area contributed by atoms with Gasteiger partial charge in [0.15, 0.2) is 0 Å². The van der Waals surface area contributed by atoms with Gasteiger partial charge >= 0.3 is 0 Å². The summed E-state index contributed by atoms with van der Waals surface area (Å²) in [4.78, 5) is 12.9. The third-order valence-corrected chi connectivity index (χ3v) is 8.08. The van der Waals surface area contributed by atoms with Gasteiger partial charge in [0.2, 0.25) is 15.9 Å². The van der Waals surface area contributed by atoms with Crippen molar-refractivity contribution < 1.29 is 17.6 Å². The fraction of sp³-hybridized carbons (Fsp3) is 0.375. The van der Waals surface area contributed by atoms with Crippen molar-refractivity contribution in [2.24, 2.45) is 0 Å². The Bertz CT molecular complexity index is 1200. The van der Waals surface area contributed by atoms with Gasteiger partial charge in [-0.05, 0) is 56.9 Å². The third kappa shape index (κ3) is 4.38. The topological polar surface area (TPSA) is 79.6 Å². The monoisotopic (exact) mass is 440 g/mol. The average Bonchev–Trinajstić information content (AvgIpc) is 3.14. The van der Waals surface area contributed by atoms with Gasteiger partial charge in [0.1, 0.15) is 5.58 Å². The fourth-order valence-electron chi connectivity index (χ4n) is 4.08. The van der Waals surface area contributed by atoms with Gasteiger partial charge in [-0.3, -0.25) is 4.79 Å². The first-order valence-electron chi connectivity index (χ1n) is 10.6. The van der Waals surface area contributed by atoms with Gasteiger partial charge < -0.3 is 9.73 Å². The Morgan fingerprint density at radius 3 is 2.42 bits per heavy atom. The number of amides is 1. The van der Waals surface area contributed by atoms with Gasteiger partial charge in [-0.1, -0.05) is 29.8 Å². The lowest BCUT2D eigenvalue weighted by molar-refractivity contribution is -0.121. The van der Waals surface area contributed by atoms with E-state index >= 15 is 0 Å². The van der Waals surface area contributed by atoms with E-state index in [0.29, 0.717) is 30.8 Å². The van der Waals surface area contributed by atoms with Crippen LogP contribution in [0.5, 0.6) is 0 Å². The Balaban J connectivity index is 1.35. The highest BCUT2D eigenvalue weighted by atomic mass is 32.2. The van der Waals surface area contributed by atoms with Crippen molar-refractivity contribution in [3.8, 4) is 0 Å². The summed E-state index contributed by atoms with van der Waals surface area (Å²) in [5, 5.41) is 4.03. The number of aryl methyl sites for hydroxylation is 3. The van der Waals surface area contributed by atoms with Crippen LogP contribution in [0, 0.1) is 20.8 Å². The maximum absolute atomic E-state index is 12.8. The number of furan rings is 1. The molecule has 164 valence electrons. The van der Waals surface area contributed by atoms with Gasteiger partial charge in [-0.2, -0.15) is 4.31 Å². The SMILES string of the molecule is Cc1ccc(S(=O)(=O)N2CCC(NC(=O)Cc3coc4c(C)c(C)ccc34)CC2)cc1. The summed E-state index contributed by atoms with van der Waals surface area (Å²) < 4.78 is 32.9. The molecular formula is C24H28N2O4S. The van der Waals surface area contributed by atoms with Crippen LogP contribution in [0.2, 0.25) is 0 Å². The van der Waals surface area contributed by atoms with E-state index in [2.05, 4.69) is 5.32 Å². The summed E-state index contributed by atoms with van der Waals surface area (Å²) in [6.07, 6.45) is 3.10. The Hall–Kier alpha value is -2.64. The largest absolute Gasteiger partial charge is 0.464 e. The summed E-state index contributed by atoms with van der Waals surface area (Å²) in [5.74, 6) is -0.0687. The zero-order chi connectivity index (χ0) is 22.2. The molecule has 1 aliphatic rings. The molecule has 3 aromatic rings. The molecule has 2 heterocycles. The van der Waals surface area contributed by atoms with E-state index in [1.807, 2.05) is 45.0 Å². The first kappa shape index (κ1) is 21.6. The van der Waals surface area contributed by atoms with E-state index in [9.17, 15) is 13.2 Å². The Morgan fingerprint density at radius 2 is 1.74 bits per heavy atom. The number of carbonyl (C=O) groups excluding carboxylic acids is 1. The predicted molar refractivity (Wildman–Crippen MR) is 120 cm³/mol. The van der Waals surface area contributed by atoms with Crippen LogP contribution in [0.3, 0.4) is 0 Å². The molecule has 1 N–H and O–H groups in total. The van der Waals surface area contributed by atoms with Gasteiger partial charge in [0.05, 0.1) is 17.6 Å². The standard InChI is InChI=1S/C24H28N2O4S/c1-16-4-7-21(8-5-16)31(28,29)26-12-10-20(11-13-26)25-23(27)14-19-15-30-24-18(3)17(2)6-9-22(19)24/h4-9,15,20H,10-14H2,1-3H3,(H,25,27). The van der Waals surface area contributed by atoms with Gasteiger partial charge in [0.25, 0.3) is 0 Å². The molecule has 1 amide bonds. The molecular weight excluding hydrogens is 412 g/mol. The maximum Gasteiger partial charge on any atom is 0.243 e. The Kier molecular flexibility index (Phi) is 5.90. The normalized spacial score (nSPS) is 16.0.